The summed E-state index contributed by atoms with van der Waals surface area (Å²) in [5.74, 6) is 0.545. The van der Waals surface area contributed by atoms with Gasteiger partial charge in [-0.1, -0.05) is 5.16 Å². The molecule has 15 heavy (non-hydrogen) atoms. The van der Waals surface area contributed by atoms with Crippen LogP contribution in [0, 0.1) is 6.92 Å². The van der Waals surface area contributed by atoms with Crippen LogP contribution in [0.1, 0.15) is 23.0 Å². The summed E-state index contributed by atoms with van der Waals surface area (Å²) in [4.78, 5) is 13.9. The van der Waals surface area contributed by atoms with E-state index < -0.39 is 0 Å². The quantitative estimate of drug-likeness (QED) is 0.689. The maximum atomic E-state index is 12.1. The summed E-state index contributed by atoms with van der Waals surface area (Å²) in [7, 11) is 0. The van der Waals surface area contributed by atoms with Crippen molar-refractivity contribution in [2.45, 2.75) is 19.9 Å². The number of rotatable bonds is 1. The monoisotopic (exact) mass is 210 g/mol. The van der Waals surface area contributed by atoms with Crippen LogP contribution in [0.4, 0.5) is 0 Å². The molecular formula is C10H14N2O3. The Hall–Kier alpha value is -1.36. The van der Waals surface area contributed by atoms with Gasteiger partial charge in [0.1, 0.15) is 11.3 Å². The Balaban J connectivity index is 2.17. The Bertz CT molecular complexity index is 361. The van der Waals surface area contributed by atoms with E-state index in [-0.39, 0.29) is 11.9 Å². The molecule has 0 aliphatic carbocycles. The summed E-state index contributed by atoms with van der Waals surface area (Å²) in [6, 6.07) is 0.112. The molecule has 2 rings (SSSR count). The van der Waals surface area contributed by atoms with Crippen molar-refractivity contribution in [3.63, 3.8) is 0 Å². The van der Waals surface area contributed by atoms with Gasteiger partial charge in [-0.2, -0.15) is 0 Å². The van der Waals surface area contributed by atoms with Crippen LogP contribution in [0.25, 0.3) is 0 Å². The summed E-state index contributed by atoms with van der Waals surface area (Å²) in [6.45, 7) is 5.53. The molecule has 1 aromatic rings. The van der Waals surface area contributed by atoms with Crippen LogP contribution in [0.3, 0.4) is 0 Å². The van der Waals surface area contributed by atoms with Gasteiger partial charge < -0.3 is 14.2 Å². The van der Waals surface area contributed by atoms with Gasteiger partial charge in [0, 0.05) is 6.54 Å². The second kappa shape index (κ2) is 4.02. The number of carbonyl (C=O) groups excluding carboxylic acids is 1. The Labute approximate surface area is 88.0 Å². The van der Waals surface area contributed by atoms with Crippen molar-refractivity contribution in [2.75, 3.05) is 19.8 Å². The Morgan fingerprint density at radius 2 is 2.47 bits per heavy atom. The van der Waals surface area contributed by atoms with Gasteiger partial charge in [-0.15, -0.1) is 0 Å². The van der Waals surface area contributed by atoms with Crippen LogP contribution in [-0.2, 0) is 4.74 Å². The maximum Gasteiger partial charge on any atom is 0.259 e. The van der Waals surface area contributed by atoms with Crippen molar-refractivity contribution in [1.82, 2.24) is 10.1 Å². The third kappa shape index (κ3) is 1.87. The molecule has 0 unspecified atom stereocenters. The predicted molar refractivity (Wildman–Crippen MR) is 52.6 cm³/mol. The molecule has 0 saturated carbocycles. The molecule has 1 saturated heterocycles. The van der Waals surface area contributed by atoms with Gasteiger partial charge in [0.25, 0.3) is 5.91 Å². The highest BCUT2D eigenvalue weighted by Crippen LogP contribution is 2.14. The number of aryl methyl sites for hydroxylation is 1. The van der Waals surface area contributed by atoms with E-state index in [9.17, 15) is 4.79 Å². The zero-order valence-corrected chi connectivity index (χ0v) is 8.90. The van der Waals surface area contributed by atoms with Crippen molar-refractivity contribution in [3.8, 4) is 0 Å². The number of morpholine rings is 1. The van der Waals surface area contributed by atoms with E-state index in [0.717, 1.165) is 0 Å². The molecule has 1 aromatic heterocycles. The van der Waals surface area contributed by atoms with E-state index in [0.29, 0.717) is 31.1 Å². The first kappa shape index (κ1) is 10.2. The van der Waals surface area contributed by atoms with E-state index >= 15 is 0 Å². The van der Waals surface area contributed by atoms with Crippen molar-refractivity contribution in [1.29, 1.82) is 0 Å². The minimum atomic E-state index is -0.0236. The van der Waals surface area contributed by atoms with E-state index in [2.05, 4.69) is 5.16 Å². The first-order valence-electron chi connectivity index (χ1n) is 5.00. The summed E-state index contributed by atoms with van der Waals surface area (Å²) >= 11 is 0. The third-order valence-electron chi connectivity index (χ3n) is 2.61. The van der Waals surface area contributed by atoms with Crippen LogP contribution in [-0.4, -0.2) is 41.8 Å². The SMILES string of the molecule is Cc1oncc1C(=O)N1CCOC[C@@H]1C. The lowest BCUT2D eigenvalue weighted by molar-refractivity contribution is 0.00350. The van der Waals surface area contributed by atoms with Crippen molar-refractivity contribution >= 4 is 5.91 Å². The molecule has 2 heterocycles. The van der Waals surface area contributed by atoms with Gasteiger partial charge in [0.15, 0.2) is 0 Å². The van der Waals surface area contributed by atoms with Crippen molar-refractivity contribution in [2.24, 2.45) is 0 Å². The molecule has 1 fully saturated rings. The smallest absolute Gasteiger partial charge is 0.259 e. The first-order valence-corrected chi connectivity index (χ1v) is 5.00. The molecule has 1 aliphatic rings. The highest BCUT2D eigenvalue weighted by Gasteiger charge is 2.26. The number of hydrogen-bond acceptors (Lipinski definition) is 4. The number of carbonyl (C=O) groups is 1. The van der Waals surface area contributed by atoms with Crippen molar-refractivity contribution < 1.29 is 14.1 Å². The number of aromatic nitrogens is 1. The normalized spacial score (nSPS) is 21.7. The molecular weight excluding hydrogens is 196 g/mol. The van der Waals surface area contributed by atoms with E-state index in [1.807, 2.05) is 6.92 Å². The Kier molecular flexibility index (Phi) is 2.73. The molecule has 0 spiro atoms. The van der Waals surface area contributed by atoms with Crippen LogP contribution < -0.4 is 0 Å². The molecule has 1 atom stereocenters. The molecule has 82 valence electrons. The summed E-state index contributed by atoms with van der Waals surface area (Å²) in [5.41, 5.74) is 0.545. The molecule has 1 aliphatic heterocycles. The second-order valence-electron chi connectivity index (χ2n) is 3.72. The Morgan fingerprint density at radius 1 is 1.67 bits per heavy atom. The number of hydrogen-bond donors (Lipinski definition) is 0. The summed E-state index contributed by atoms with van der Waals surface area (Å²) in [6.07, 6.45) is 1.47. The van der Waals surface area contributed by atoms with E-state index in [4.69, 9.17) is 9.26 Å². The lowest BCUT2D eigenvalue weighted by atomic mass is 10.2. The molecule has 0 aromatic carbocycles. The zero-order valence-electron chi connectivity index (χ0n) is 8.90. The van der Waals surface area contributed by atoms with Crippen LogP contribution >= 0.6 is 0 Å². The third-order valence-corrected chi connectivity index (χ3v) is 2.61. The summed E-state index contributed by atoms with van der Waals surface area (Å²) in [5, 5.41) is 3.61. The predicted octanol–water partition coefficient (Wildman–Crippen LogP) is 0.844. The highest BCUT2D eigenvalue weighted by molar-refractivity contribution is 5.95. The topological polar surface area (TPSA) is 55.6 Å². The maximum absolute atomic E-state index is 12.1. The molecule has 1 amide bonds. The molecule has 0 N–H and O–H groups in total. The van der Waals surface area contributed by atoms with Crippen LogP contribution in [0.2, 0.25) is 0 Å². The fraction of sp³-hybridized carbons (Fsp3) is 0.600. The highest BCUT2D eigenvalue weighted by atomic mass is 16.5. The van der Waals surface area contributed by atoms with E-state index in [1.165, 1.54) is 6.20 Å². The molecule has 0 bridgehead atoms. The van der Waals surface area contributed by atoms with E-state index in [1.54, 1.807) is 11.8 Å². The fourth-order valence-electron chi connectivity index (χ4n) is 1.69. The van der Waals surface area contributed by atoms with Gasteiger partial charge in [0.2, 0.25) is 0 Å². The summed E-state index contributed by atoms with van der Waals surface area (Å²) < 4.78 is 10.2. The zero-order chi connectivity index (χ0) is 10.8. The standard InChI is InChI=1S/C10H14N2O3/c1-7-6-14-4-3-12(7)10(13)9-5-11-15-8(9)2/h5,7H,3-4,6H2,1-2H3/t7-/m0/s1. The number of ether oxygens (including phenoxy) is 1. The average Bonchev–Trinajstić information content (AvgIpc) is 2.64. The Morgan fingerprint density at radius 3 is 3.07 bits per heavy atom. The largest absolute Gasteiger partial charge is 0.377 e. The second-order valence-corrected chi connectivity index (χ2v) is 3.72. The van der Waals surface area contributed by atoms with Crippen molar-refractivity contribution in [3.05, 3.63) is 17.5 Å². The van der Waals surface area contributed by atoms with Gasteiger partial charge >= 0.3 is 0 Å². The van der Waals surface area contributed by atoms with Gasteiger partial charge in [-0.25, -0.2) is 0 Å². The van der Waals surface area contributed by atoms with Gasteiger partial charge in [-0.05, 0) is 13.8 Å². The minimum absolute atomic E-state index is 0.0236. The lowest BCUT2D eigenvalue weighted by Crippen LogP contribution is -2.47. The van der Waals surface area contributed by atoms with Gasteiger partial charge in [-0.3, -0.25) is 4.79 Å². The lowest BCUT2D eigenvalue weighted by Gasteiger charge is -2.33. The minimum Gasteiger partial charge on any atom is -0.377 e. The van der Waals surface area contributed by atoms with Gasteiger partial charge in [0.05, 0.1) is 25.5 Å². The molecule has 5 nitrogen and oxygen atoms in total. The van der Waals surface area contributed by atoms with Crippen LogP contribution in [0.5, 0.6) is 0 Å². The number of nitrogens with zero attached hydrogens (tertiary/aromatic N) is 2. The van der Waals surface area contributed by atoms with Crippen LogP contribution in [0.15, 0.2) is 10.7 Å². The number of amides is 1. The fourth-order valence-corrected chi connectivity index (χ4v) is 1.69. The first-order chi connectivity index (χ1) is 7.20. The molecule has 5 heteroatoms. The molecule has 0 radical (unpaired) electrons. The average molecular weight is 210 g/mol.